The maximum Gasteiger partial charge on any atom is 0.255 e. The molecule has 6 N–H and O–H groups in total. The Labute approximate surface area is 254 Å². The minimum atomic E-state index is -1.12. The van der Waals surface area contributed by atoms with Crippen LogP contribution in [0.2, 0.25) is 0 Å². The Morgan fingerprint density at radius 2 is 0.727 bits per heavy atom. The summed E-state index contributed by atoms with van der Waals surface area (Å²) in [6.45, 7) is 0. The normalized spacial score (nSPS) is 13.7. The molecule has 0 radical (unpaired) electrons. The van der Waals surface area contributed by atoms with Crippen molar-refractivity contribution in [3.63, 3.8) is 0 Å². The SMILES string of the molecule is O=C(N[C@H](c1ccccc1)[C@@H](O)c1ccccc1)c1cc(O)c(C(=O)N[C@H](c2ccccc2)[C@@H](O)c2ccccc2)cc1O. The lowest BCUT2D eigenvalue weighted by molar-refractivity contribution is 0.0819. The predicted molar refractivity (Wildman–Crippen MR) is 166 cm³/mol. The Kier molecular flexibility index (Phi) is 9.34. The Morgan fingerprint density at radius 3 is 1.02 bits per heavy atom. The predicted octanol–water partition coefficient (Wildman–Crippen LogP) is 5.51. The molecule has 0 spiro atoms. The van der Waals surface area contributed by atoms with E-state index in [0.717, 1.165) is 12.1 Å². The lowest BCUT2D eigenvalue weighted by Crippen LogP contribution is -2.33. The van der Waals surface area contributed by atoms with Crippen LogP contribution in [0.1, 0.15) is 67.3 Å². The smallest absolute Gasteiger partial charge is 0.255 e. The summed E-state index contributed by atoms with van der Waals surface area (Å²) in [5.41, 5.74) is 1.83. The van der Waals surface area contributed by atoms with E-state index in [0.29, 0.717) is 22.3 Å². The van der Waals surface area contributed by atoms with Crippen LogP contribution in [0, 0.1) is 0 Å². The van der Waals surface area contributed by atoms with E-state index in [2.05, 4.69) is 10.6 Å². The first-order chi connectivity index (χ1) is 21.3. The molecule has 0 fully saturated rings. The van der Waals surface area contributed by atoms with Crippen LogP contribution < -0.4 is 10.6 Å². The van der Waals surface area contributed by atoms with Crippen molar-refractivity contribution in [2.45, 2.75) is 24.3 Å². The van der Waals surface area contributed by atoms with Crippen LogP contribution >= 0.6 is 0 Å². The zero-order valence-electron chi connectivity index (χ0n) is 23.6. The first-order valence-electron chi connectivity index (χ1n) is 14.1. The Balaban J connectivity index is 1.40. The molecule has 0 saturated heterocycles. The van der Waals surface area contributed by atoms with Crippen LogP contribution in [0.5, 0.6) is 11.5 Å². The molecule has 4 atom stereocenters. The summed E-state index contributed by atoms with van der Waals surface area (Å²) in [6, 6.07) is 35.7. The summed E-state index contributed by atoms with van der Waals surface area (Å²) in [5.74, 6) is -2.64. The highest BCUT2D eigenvalue weighted by molar-refractivity contribution is 6.02. The largest absolute Gasteiger partial charge is 0.507 e. The lowest BCUT2D eigenvalue weighted by atomic mass is 9.95. The van der Waals surface area contributed by atoms with Gasteiger partial charge in [-0.3, -0.25) is 9.59 Å². The molecule has 0 aliphatic heterocycles. The number of amides is 2. The number of carbonyl (C=O) groups is 2. The fourth-order valence-corrected chi connectivity index (χ4v) is 5.07. The van der Waals surface area contributed by atoms with Crippen molar-refractivity contribution >= 4 is 11.8 Å². The Hall–Kier alpha value is -5.44. The number of phenolic OH excluding ortho intramolecular Hbond substituents is 2. The van der Waals surface area contributed by atoms with Crippen LogP contribution in [-0.4, -0.2) is 32.2 Å². The molecule has 0 bridgehead atoms. The van der Waals surface area contributed by atoms with Gasteiger partial charge in [-0.1, -0.05) is 121 Å². The molecular weight excluding hydrogens is 556 g/mol. The van der Waals surface area contributed by atoms with Crippen LogP contribution in [0.3, 0.4) is 0 Å². The van der Waals surface area contributed by atoms with Gasteiger partial charge in [0.15, 0.2) is 0 Å². The maximum absolute atomic E-state index is 13.4. The first kappa shape index (κ1) is 30.0. The second kappa shape index (κ2) is 13.7. The third-order valence-corrected chi connectivity index (χ3v) is 7.41. The van der Waals surface area contributed by atoms with Crippen molar-refractivity contribution in [2.75, 3.05) is 0 Å². The highest BCUT2D eigenvalue weighted by Crippen LogP contribution is 2.33. The van der Waals surface area contributed by atoms with Gasteiger partial charge in [0.05, 0.1) is 23.2 Å². The number of rotatable bonds is 10. The van der Waals surface area contributed by atoms with Crippen molar-refractivity contribution in [3.8, 4) is 11.5 Å². The summed E-state index contributed by atoms with van der Waals surface area (Å²) in [7, 11) is 0. The molecular formula is C36H32N2O6. The third-order valence-electron chi connectivity index (χ3n) is 7.41. The van der Waals surface area contributed by atoms with Gasteiger partial charge in [0.2, 0.25) is 0 Å². The summed E-state index contributed by atoms with van der Waals surface area (Å²) in [6.07, 6.45) is -2.23. The summed E-state index contributed by atoms with van der Waals surface area (Å²) >= 11 is 0. The average Bonchev–Trinajstić information content (AvgIpc) is 3.07. The zero-order valence-corrected chi connectivity index (χ0v) is 23.6. The summed E-state index contributed by atoms with van der Waals surface area (Å²) in [5, 5.41) is 49.6. The van der Waals surface area contributed by atoms with E-state index in [1.807, 2.05) is 24.3 Å². The number of carbonyl (C=O) groups excluding carboxylic acids is 2. The lowest BCUT2D eigenvalue weighted by Gasteiger charge is -2.26. The monoisotopic (exact) mass is 588 g/mol. The number of aliphatic hydroxyl groups is 2. The van der Waals surface area contributed by atoms with E-state index >= 15 is 0 Å². The zero-order chi connectivity index (χ0) is 31.1. The topological polar surface area (TPSA) is 139 Å². The van der Waals surface area contributed by atoms with Crippen LogP contribution in [0.15, 0.2) is 133 Å². The molecule has 0 saturated carbocycles. The number of benzene rings is 5. The number of aromatic hydroxyl groups is 2. The van der Waals surface area contributed by atoms with Gasteiger partial charge in [-0.2, -0.15) is 0 Å². The molecule has 0 heterocycles. The quantitative estimate of drug-likeness (QED) is 0.119. The van der Waals surface area contributed by atoms with E-state index in [9.17, 15) is 30.0 Å². The van der Waals surface area contributed by atoms with Crippen molar-refractivity contribution in [3.05, 3.63) is 167 Å². The summed E-state index contributed by atoms with van der Waals surface area (Å²) < 4.78 is 0. The number of nitrogens with one attached hydrogen (secondary N) is 2. The van der Waals surface area contributed by atoms with Gasteiger partial charge >= 0.3 is 0 Å². The van der Waals surface area contributed by atoms with Gasteiger partial charge in [0.1, 0.15) is 23.7 Å². The number of aliphatic hydroxyl groups excluding tert-OH is 2. The van der Waals surface area contributed by atoms with E-state index in [1.165, 1.54) is 0 Å². The molecule has 0 aliphatic rings. The fraction of sp³-hybridized carbons (Fsp3) is 0.111. The first-order valence-corrected chi connectivity index (χ1v) is 14.1. The molecule has 0 aliphatic carbocycles. The average molecular weight is 589 g/mol. The number of hydrogen-bond donors (Lipinski definition) is 6. The molecule has 222 valence electrons. The standard InChI is InChI=1S/C36H32N2O6/c39-29-22-28(36(44)38-32(24-15-7-2-8-16-24)34(42)26-19-11-4-12-20-26)30(40)21-27(29)35(43)37-31(23-13-5-1-6-14-23)33(41)25-17-9-3-10-18-25/h1-22,31-34,39-42H,(H,37,43)(H,38,44)/t31-,32-,33+,34+/m1/s1. The van der Waals surface area contributed by atoms with Crippen LogP contribution in [0.25, 0.3) is 0 Å². The molecule has 0 unspecified atom stereocenters. The maximum atomic E-state index is 13.4. The van der Waals surface area contributed by atoms with E-state index in [4.69, 9.17) is 0 Å². The van der Waals surface area contributed by atoms with Gasteiger partial charge < -0.3 is 31.1 Å². The molecule has 5 aromatic carbocycles. The van der Waals surface area contributed by atoms with Gasteiger partial charge in [-0.15, -0.1) is 0 Å². The molecule has 8 heteroatoms. The molecule has 5 rings (SSSR count). The minimum Gasteiger partial charge on any atom is -0.507 e. The second-order valence-electron chi connectivity index (χ2n) is 10.3. The summed E-state index contributed by atoms with van der Waals surface area (Å²) in [4.78, 5) is 26.8. The fourth-order valence-electron chi connectivity index (χ4n) is 5.07. The van der Waals surface area contributed by atoms with Gasteiger partial charge in [-0.05, 0) is 34.4 Å². The number of phenols is 2. The van der Waals surface area contributed by atoms with Crippen molar-refractivity contribution in [1.29, 1.82) is 0 Å². The van der Waals surface area contributed by atoms with E-state index in [-0.39, 0.29) is 11.1 Å². The van der Waals surface area contributed by atoms with Crippen molar-refractivity contribution in [1.82, 2.24) is 10.6 Å². The van der Waals surface area contributed by atoms with Gasteiger partial charge in [-0.25, -0.2) is 0 Å². The minimum absolute atomic E-state index is 0.288. The van der Waals surface area contributed by atoms with E-state index < -0.39 is 47.6 Å². The molecule has 2 amide bonds. The van der Waals surface area contributed by atoms with E-state index in [1.54, 1.807) is 97.1 Å². The van der Waals surface area contributed by atoms with Crippen molar-refractivity contribution < 1.29 is 30.0 Å². The molecule has 8 nitrogen and oxygen atoms in total. The van der Waals surface area contributed by atoms with Crippen LogP contribution in [-0.2, 0) is 0 Å². The highest BCUT2D eigenvalue weighted by atomic mass is 16.3. The molecule has 44 heavy (non-hydrogen) atoms. The Morgan fingerprint density at radius 1 is 0.455 bits per heavy atom. The van der Waals surface area contributed by atoms with Gasteiger partial charge in [0.25, 0.3) is 11.8 Å². The second-order valence-corrected chi connectivity index (χ2v) is 10.3. The van der Waals surface area contributed by atoms with Crippen molar-refractivity contribution in [2.24, 2.45) is 0 Å². The number of hydrogen-bond acceptors (Lipinski definition) is 6. The van der Waals surface area contributed by atoms with Crippen LogP contribution in [0.4, 0.5) is 0 Å². The highest BCUT2D eigenvalue weighted by Gasteiger charge is 2.29. The third kappa shape index (κ3) is 6.78. The van der Waals surface area contributed by atoms with Gasteiger partial charge in [0, 0.05) is 0 Å². The molecule has 5 aromatic rings. The molecule has 0 aromatic heterocycles. The Bertz CT molecular complexity index is 1570.